The molecule has 0 radical (unpaired) electrons. The summed E-state index contributed by atoms with van der Waals surface area (Å²) in [5.74, 6) is -2.23. The zero-order chi connectivity index (χ0) is 14.9. The molecule has 0 aliphatic rings. The van der Waals surface area contributed by atoms with E-state index in [1.165, 1.54) is 0 Å². The number of carboxylic acid groups (broad SMARTS) is 1. The fourth-order valence-corrected chi connectivity index (χ4v) is 1.91. The molecule has 2 aromatic rings. The highest BCUT2D eigenvalue weighted by atomic mass is 35.5. The highest BCUT2D eigenvalue weighted by Crippen LogP contribution is 2.30. The smallest absolute Gasteiger partial charge is 0.338 e. The van der Waals surface area contributed by atoms with Crippen molar-refractivity contribution in [2.45, 2.75) is 6.92 Å². The van der Waals surface area contributed by atoms with Crippen molar-refractivity contribution in [2.75, 3.05) is 11.1 Å². The molecule has 0 saturated heterocycles. The summed E-state index contributed by atoms with van der Waals surface area (Å²) >= 11 is 6.03. The van der Waals surface area contributed by atoms with Gasteiger partial charge in [-0.1, -0.05) is 17.7 Å². The fraction of sp³-hybridized carbons (Fsp3) is 0.0714. The molecule has 2 rings (SSSR count). The van der Waals surface area contributed by atoms with Gasteiger partial charge in [0.25, 0.3) is 0 Å². The minimum absolute atomic E-state index is 0.126. The van der Waals surface area contributed by atoms with Crippen LogP contribution in [0, 0.1) is 12.7 Å². The molecular formula is C14H12ClFN2O2. The minimum atomic E-state index is -1.37. The normalized spacial score (nSPS) is 10.3. The van der Waals surface area contributed by atoms with Gasteiger partial charge in [-0.3, -0.25) is 0 Å². The van der Waals surface area contributed by atoms with Gasteiger partial charge in [0, 0.05) is 6.07 Å². The standard InChI is InChI=1S/C14H12ClFN2O2/c1-7-2-3-9(15)12(4-7)18-13-6-10(16)8(14(19)20)5-11(13)17/h2-6,18H,17H2,1H3,(H,19,20). The third kappa shape index (κ3) is 2.83. The average molecular weight is 295 g/mol. The van der Waals surface area contributed by atoms with Gasteiger partial charge in [0.2, 0.25) is 0 Å². The molecule has 104 valence electrons. The zero-order valence-corrected chi connectivity index (χ0v) is 11.3. The van der Waals surface area contributed by atoms with Gasteiger partial charge in [-0.05, 0) is 30.7 Å². The number of aromatic carboxylic acids is 1. The second-order valence-corrected chi connectivity index (χ2v) is 4.74. The Morgan fingerprint density at radius 1 is 1.30 bits per heavy atom. The SMILES string of the molecule is Cc1ccc(Cl)c(Nc2cc(F)c(C(=O)O)cc2N)c1. The third-order valence-corrected chi connectivity index (χ3v) is 3.09. The van der Waals surface area contributed by atoms with E-state index in [4.69, 9.17) is 22.4 Å². The molecule has 0 heterocycles. The van der Waals surface area contributed by atoms with Crippen LogP contribution >= 0.6 is 11.6 Å². The maximum absolute atomic E-state index is 13.7. The van der Waals surface area contributed by atoms with Gasteiger partial charge in [-0.15, -0.1) is 0 Å². The molecule has 0 aliphatic heterocycles. The van der Waals surface area contributed by atoms with Crippen molar-refractivity contribution < 1.29 is 14.3 Å². The molecule has 0 spiro atoms. The van der Waals surface area contributed by atoms with E-state index in [1.54, 1.807) is 12.1 Å². The Balaban J connectivity index is 2.42. The van der Waals surface area contributed by atoms with Crippen LogP contribution in [0.2, 0.25) is 5.02 Å². The Bertz CT molecular complexity index is 689. The van der Waals surface area contributed by atoms with Crippen LogP contribution in [-0.4, -0.2) is 11.1 Å². The summed E-state index contributed by atoms with van der Waals surface area (Å²) in [7, 11) is 0. The largest absolute Gasteiger partial charge is 0.478 e. The lowest BCUT2D eigenvalue weighted by Gasteiger charge is -2.12. The number of carboxylic acids is 1. The first-order chi connectivity index (χ1) is 9.38. The van der Waals surface area contributed by atoms with Gasteiger partial charge in [0.05, 0.1) is 27.6 Å². The van der Waals surface area contributed by atoms with Crippen LogP contribution in [-0.2, 0) is 0 Å². The first-order valence-electron chi connectivity index (χ1n) is 5.74. The molecule has 6 heteroatoms. The predicted molar refractivity (Wildman–Crippen MR) is 77.2 cm³/mol. The lowest BCUT2D eigenvalue weighted by Crippen LogP contribution is -2.05. The van der Waals surface area contributed by atoms with Crippen molar-refractivity contribution in [3.63, 3.8) is 0 Å². The molecule has 2 aromatic carbocycles. The van der Waals surface area contributed by atoms with Crippen molar-refractivity contribution in [3.05, 3.63) is 52.3 Å². The molecule has 0 saturated carbocycles. The number of nitrogen functional groups attached to an aromatic ring is 1. The molecular weight excluding hydrogens is 283 g/mol. The molecule has 0 atom stereocenters. The van der Waals surface area contributed by atoms with E-state index in [1.807, 2.05) is 13.0 Å². The van der Waals surface area contributed by atoms with Crippen LogP contribution in [0.25, 0.3) is 0 Å². The monoisotopic (exact) mass is 294 g/mol. The summed E-state index contributed by atoms with van der Waals surface area (Å²) in [6.45, 7) is 1.89. The van der Waals surface area contributed by atoms with Gasteiger partial charge in [0.1, 0.15) is 5.82 Å². The molecule has 0 unspecified atom stereocenters. The van der Waals surface area contributed by atoms with Crippen LogP contribution in [0.3, 0.4) is 0 Å². The predicted octanol–water partition coefficient (Wildman–Crippen LogP) is 3.81. The first-order valence-corrected chi connectivity index (χ1v) is 6.12. The molecule has 4 N–H and O–H groups in total. The second-order valence-electron chi connectivity index (χ2n) is 4.33. The Hall–Kier alpha value is -2.27. The Kier molecular flexibility index (Phi) is 3.81. The maximum atomic E-state index is 13.7. The number of anilines is 3. The van der Waals surface area contributed by atoms with E-state index in [0.717, 1.165) is 17.7 Å². The summed E-state index contributed by atoms with van der Waals surface area (Å²) in [4.78, 5) is 10.8. The van der Waals surface area contributed by atoms with Crippen molar-refractivity contribution in [2.24, 2.45) is 0 Å². The van der Waals surface area contributed by atoms with Crippen molar-refractivity contribution in [1.82, 2.24) is 0 Å². The van der Waals surface area contributed by atoms with E-state index >= 15 is 0 Å². The summed E-state index contributed by atoms with van der Waals surface area (Å²) in [5, 5.41) is 12.2. The van der Waals surface area contributed by atoms with Crippen molar-refractivity contribution >= 4 is 34.6 Å². The fourth-order valence-electron chi connectivity index (χ4n) is 1.74. The zero-order valence-electron chi connectivity index (χ0n) is 10.6. The quantitative estimate of drug-likeness (QED) is 0.752. The molecule has 0 aromatic heterocycles. The second kappa shape index (κ2) is 5.38. The topological polar surface area (TPSA) is 75.3 Å². The highest BCUT2D eigenvalue weighted by molar-refractivity contribution is 6.33. The summed E-state index contributed by atoms with van der Waals surface area (Å²) < 4.78 is 13.7. The number of carbonyl (C=O) groups is 1. The van der Waals surface area contributed by atoms with Crippen LogP contribution in [0.5, 0.6) is 0 Å². The van der Waals surface area contributed by atoms with Crippen LogP contribution in [0.1, 0.15) is 15.9 Å². The number of aryl methyl sites for hydroxylation is 1. The van der Waals surface area contributed by atoms with Gasteiger partial charge in [0.15, 0.2) is 0 Å². The number of halogens is 2. The Morgan fingerprint density at radius 2 is 2.00 bits per heavy atom. The number of nitrogens with two attached hydrogens (primary N) is 1. The third-order valence-electron chi connectivity index (χ3n) is 2.76. The molecule has 0 fully saturated rings. The van der Waals surface area contributed by atoms with E-state index < -0.39 is 17.3 Å². The number of nitrogens with one attached hydrogen (secondary N) is 1. The van der Waals surface area contributed by atoms with Gasteiger partial charge < -0.3 is 16.2 Å². The number of rotatable bonds is 3. The summed E-state index contributed by atoms with van der Waals surface area (Å²) in [5.41, 5.74) is 7.19. The molecule has 20 heavy (non-hydrogen) atoms. The summed E-state index contributed by atoms with van der Waals surface area (Å²) in [6, 6.07) is 7.44. The lowest BCUT2D eigenvalue weighted by atomic mass is 10.1. The van der Waals surface area contributed by atoms with Gasteiger partial charge in [-0.2, -0.15) is 0 Å². The minimum Gasteiger partial charge on any atom is -0.478 e. The molecule has 0 bridgehead atoms. The van der Waals surface area contributed by atoms with Crippen LogP contribution in [0.4, 0.5) is 21.5 Å². The molecule has 0 amide bonds. The van der Waals surface area contributed by atoms with E-state index in [0.29, 0.717) is 10.7 Å². The number of hydrogen-bond donors (Lipinski definition) is 3. The Morgan fingerprint density at radius 3 is 2.65 bits per heavy atom. The molecule has 4 nitrogen and oxygen atoms in total. The van der Waals surface area contributed by atoms with Crippen LogP contribution < -0.4 is 11.1 Å². The maximum Gasteiger partial charge on any atom is 0.338 e. The molecule has 0 aliphatic carbocycles. The van der Waals surface area contributed by atoms with Crippen molar-refractivity contribution in [3.8, 4) is 0 Å². The van der Waals surface area contributed by atoms with Gasteiger partial charge >= 0.3 is 5.97 Å². The van der Waals surface area contributed by atoms with Crippen molar-refractivity contribution in [1.29, 1.82) is 0 Å². The summed E-state index contributed by atoms with van der Waals surface area (Å²) in [6.07, 6.45) is 0. The van der Waals surface area contributed by atoms with E-state index in [2.05, 4.69) is 5.32 Å². The van der Waals surface area contributed by atoms with Gasteiger partial charge in [-0.25, -0.2) is 9.18 Å². The Labute approximate surface area is 120 Å². The number of hydrogen-bond acceptors (Lipinski definition) is 3. The van der Waals surface area contributed by atoms with Crippen LogP contribution in [0.15, 0.2) is 30.3 Å². The van der Waals surface area contributed by atoms with E-state index in [9.17, 15) is 9.18 Å². The number of benzene rings is 2. The average Bonchev–Trinajstić information content (AvgIpc) is 2.37. The van der Waals surface area contributed by atoms with E-state index in [-0.39, 0.29) is 11.4 Å². The highest BCUT2D eigenvalue weighted by Gasteiger charge is 2.14. The first kappa shape index (κ1) is 14.1. The lowest BCUT2D eigenvalue weighted by molar-refractivity contribution is 0.0692.